The monoisotopic (exact) mass is 581 g/mol. The molecule has 2 aromatic carbocycles. The third-order valence-corrected chi connectivity index (χ3v) is 7.13. The van der Waals surface area contributed by atoms with E-state index < -0.39 is 36.1 Å². The molecule has 224 valence electrons. The minimum atomic E-state index is -2.22. The fourth-order valence-corrected chi connectivity index (χ4v) is 4.73. The number of nitrogens with zero attached hydrogens (tertiary/aromatic N) is 1. The molecule has 2 aromatic rings. The molecule has 0 amide bonds. The van der Waals surface area contributed by atoms with Gasteiger partial charge in [-0.3, -0.25) is 4.90 Å². The number of carboxylic acid groups (broad SMARTS) is 2. The smallest absolute Gasteiger partial charge is 0.349 e. The third kappa shape index (κ3) is 8.03. The molecule has 0 aliphatic carbocycles. The molecule has 2 N–H and O–H groups in total. The molecule has 2 heterocycles. The van der Waals surface area contributed by atoms with Gasteiger partial charge in [-0.2, -0.15) is 0 Å². The van der Waals surface area contributed by atoms with Crippen LogP contribution in [0.3, 0.4) is 0 Å². The maximum atomic E-state index is 12.2. The van der Waals surface area contributed by atoms with E-state index in [-0.39, 0.29) is 17.1 Å². The lowest BCUT2D eigenvalue weighted by Crippen LogP contribution is -2.45. The van der Waals surface area contributed by atoms with Crippen LogP contribution in [0.15, 0.2) is 60.2 Å². The van der Waals surface area contributed by atoms with Crippen molar-refractivity contribution in [1.82, 2.24) is 4.90 Å². The van der Waals surface area contributed by atoms with E-state index in [0.717, 1.165) is 29.5 Å². The largest absolute Gasteiger partial charge is 0.478 e. The number of likely N-dealkylation sites (N-methyl/N-ethyl adjacent to an activating group) is 1. The molecule has 2 aliphatic rings. The number of benzene rings is 2. The van der Waals surface area contributed by atoms with Crippen molar-refractivity contribution in [2.24, 2.45) is 0 Å². The molecule has 0 radical (unpaired) electrons. The van der Waals surface area contributed by atoms with Gasteiger partial charge in [-0.25, -0.2) is 24.0 Å². The Balaban J connectivity index is 0.000000287. The number of hydrogen-bond acceptors (Lipinski definition) is 9. The standard InChI is InChI=1S/C20H18O8.C11H17NO2/c1-11-3-7-13(8-4-11)19(25)27-15(17(21)22)16(18(23)24)28-20(26)14-9-5-12(2)6-10-14;1-3-14-11(13)9-6-4-8-5-7-10(9)12(8)2/h3-10,15-16H,1-2H3,(H,21,22)(H,23,24);6,8,10H,3-5,7H2,1-2H3/t15-,16-;8-,10?/m00/s1. The van der Waals surface area contributed by atoms with Gasteiger partial charge in [0.15, 0.2) is 0 Å². The van der Waals surface area contributed by atoms with Gasteiger partial charge in [-0.15, -0.1) is 0 Å². The van der Waals surface area contributed by atoms with Crippen LogP contribution >= 0.6 is 0 Å². The summed E-state index contributed by atoms with van der Waals surface area (Å²) >= 11 is 0. The Morgan fingerprint density at radius 1 is 0.786 bits per heavy atom. The van der Waals surface area contributed by atoms with E-state index in [4.69, 9.17) is 14.2 Å². The quantitative estimate of drug-likeness (QED) is 0.330. The van der Waals surface area contributed by atoms with Crippen molar-refractivity contribution in [1.29, 1.82) is 0 Å². The van der Waals surface area contributed by atoms with Gasteiger partial charge >= 0.3 is 29.8 Å². The zero-order chi connectivity index (χ0) is 31.0. The average Bonchev–Trinajstić information content (AvgIpc) is 3.16. The molecule has 2 bridgehead atoms. The van der Waals surface area contributed by atoms with Crippen LogP contribution in [0.2, 0.25) is 0 Å². The average molecular weight is 582 g/mol. The Bertz CT molecular complexity index is 1260. The van der Waals surface area contributed by atoms with Crippen molar-refractivity contribution in [2.45, 2.75) is 64.3 Å². The molecule has 4 rings (SSSR count). The Labute approximate surface area is 243 Å². The van der Waals surface area contributed by atoms with Gasteiger partial charge in [-0.1, -0.05) is 41.5 Å². The highest BCUT2D eigenvalue weighted by atomic mass is 16.6. The molecule has 11 heteroatoms. The number of carbonyl (C=O) groups excluding carboxylic acids is 3. The van der Waals surface area contributed by atoms with E-state index in [1.54, 1.807) is 38.1 Å². The van der Waals surface area contributed by atoms with E-state index >= 15 is 0 Å². The molecule has 1 saturated heterocycles. The number of ether oxygens (including phenoxy) is 3. The normalized spacial score (nSPS) is 18.8. The Hall–Kier alpha value is -4.51. The minimum Gasteiger partial charge on any atom is -0.478 e. The molecular formula is C31H35NO10. The van der Waals surface area contributed by atoms with E-state index in [9.17, 15) is 34.2 Å². The molecule has 11 nitrogen and oxygen atoms in total. The zero-order valence-electron chi connectivity index (χ0n) is 23.9. The highest BCUT2D eigenvalue weighted by molar-refractivity contribution is 5.95. The number of carbonyl (C=O) groups is 5. The maximum Gasteiger partial charge on any atom is 0.349 e. The van der Waals surface area contributed by atoms with Gasteiger partial charge in [0.05, 0.1) is 23.3 Å². The van der Waals surface area contributed by atoms with Crippen LogP contribution in [0.25, 0.3) is 0 Å². The van der Waals surface area contributed by atoms with Gasteiger partial charge in [0, 0.05) is 12.1 Å². The number of fused-ring (bicyclic) bond motifs is 2. The summed E-state index contributed by atoms with van der Waals surface area (Å²) in [5.41, 5.74) is 2.67. The van der Waals surface area contributed by atoms with Crippen LogP contribution < -0.4 is 0 Å². The number of aliphatic carboxylic acids is 2. The summed E-state index contributed by atoms with van der Waals surface area (Å²) < 4.78 is 14.7. The first-order chi connectivity index (χ1) is 19.9. The van der Waals surface area contributed by atoms with Gasteiger partial charge in [0.1, 0.15) is 0 Å². The second kappa shape index (κ2) is 14.4. The van der Waals surface area contributed by atoms with Crippen LogP contribution in [-0.2, 0) is 28.6 Å². The molecule has 0 saturated carbocycles. The summed E-state index contributed by atoms with van der Waals surface area (Å²) in [5.74, 6) is -5.74. The Kier molecular flexibility index (Phi) is 11.0. The first-order valence-electron chi connectivity index (χ1n) is 13.5. The van der Waals surface area contributed by atoms with E-state index in [1.165, 1.54) is 30.7 Å². The summed E-state index contributed by atoms with van der Waals surface area (Å²) in [6, 6.07) is 13.0. The number of esters is 3. The second-order valence-corrected chi connectivity index (χ2v) is 10.1. The van der Waals surface area contributed by atoms with Crippen molar-refractivity contribution in [3.05, 3.63) is 82.4 Å². The molecule has 0 spiro atoms. The molecule has 42 heavy (non-hydrogen) atoms. The number of aryl methyl sites for hydroxylation is 2. The van der Waals surface area contributed by atoms with Crippen LogP contribution in [-0.4, -0.2) is 82.9 Å². The van der Waals surface area contributed by atoms with Crippen molar-refractivity contribution >= 4 is 29.8 Å². The zero-order valence-corrected chi connectivity index (χ0v) is 23.9. The van der Waals surface area contributed by atoms with Crippen LogP contribution in [0.1, 0.15) is 58.0 Å². The Morgan fingerprint density at radius 3 is 1.64 bits per heavy atom. The van der Waals surface area contributed by atoms with Crippen molar-refractivity contribution < 1.29 is 48.4 Å². The predicted octanol–water partition coefficient (Wildman–Crippen LogP) is 3.57. The Morgan fingerprint density at radius 2 is 1.24 bits per heavy atom. The van der Waals surface area contributed by atoms with Gasteiger partial charge in [-0.05, 0) is 71.3 Å². The molecule has 0 aromatic heterocycles. The van der Waals surface area contributed by atoms with Crippen molar-refractivity contribution in [3.63, 3.8) is 0 Å². The van der Waals surface area contributed by atoms with E-state index in [1.807, 2.05) is 6.92 Å². The van der Waals surface area contributed by atoms with Crippen molar-refractivity contribution in [2.75, 3.05) is 13.7 Å². The molecule has 1 fully saturated rings. The summed E-state index contributed by atoms with van der Waals surface area (Å²) in [6.07, 6.45) is 0.940. The van der Waals surface area contributed by atoms with Crippen molar-refractivity contribution in [3.8, 4) is 0 Å². The van der Waals surface area contributed by atoms with Gasteiger partial charge in [0.2, 0.25) is 12.2 Å². The van der Waals surface area contributed by atoms with E-state index in [0.29, 0.717) is 18.7 Å². The SMILES string of the molecule is CCOC(=O)C1=CC[C@H]2CCC1N2C.Cc1ccc(C(=O)O[C@H](C(=O)O)[C@H](OC(=O)c2ccc(C)cc2)C(=O)O)cc1. The van der Waals surface area contributed by atoms with Gasteiger partial charge in [0.25, 0.3) is 0 Å². The molecular weight excluding hydrogens is 546 g/mol. The first kappa shape index (κ1) is 32.0. The summed E-state index contributed by atoms with van der Waals surface area (Å²) in [5, 5.41) is 18.6. The lowest BCUT2D eigenvalue weighted by molar-refractivity contribution is -0.166. The van der Waals surface area contributed by atoms with Gasteiger partial charge < -0.3 is 24.4 Å². The summed E-state index contributed by atoms with van der Waals surface area (Å²) in [6.45, 7) is 5.90. The lowest BCUT2D eigenvalue weighted by Gasteiger charge is -2.30. The first-order valence-corrected chi connectivity index (χ1v) is 13.5. The predicted molar refractivity (Wildman–Crippen MR) is 150 cm³/mol. The van der Waals surface area contributed by atoms with Crippen LogP contribution in [0.4, 0.5) is 0 Å². The molecule has 1 unspecified atom stereocenters. The van der Waals surface area contributed by atoms with E-state index in [2.05, 4.69) is 18.0 Å². The third-order valence-electron chi connectivity index (χ3n) is 7.13. The number of rotatable bonds is 9. The fourth-order valence-electron chi connectivity index (χ4n) is 4.73. The summed E-state index contributed by atoms with van der Waals surface area (Å²) in [7, 11) is 2.11. The second-order valence-electron chi connectivity index (χ2n) is 10.1. The number of hydrogen-bond donors (Lipinski definition) is 2. The summed E-state index contributed by atoms with van der Waals surface area (Å²) in [4.78, 5) is 61.3. The lowest BCUT2D eigenvalue weighted by atomic mass is 10.0. The molecule has 2 aliphatic heterocycles. The minimum absolute atomic E-state index is 0.0332. The topological polar surface area (TPSA) is 157 Å². The number of carboxylic acids is 2. The van der Waals surface area contributed by atoms with Crippen LogP contribution in [0, 0.1) is 13.8 Å². The highest BCUT2D eigenvalue weighted by Gasteiger charge is 2.41. The highest BCUT2D eigenvalue weighted by Crippen LogP contribution is 2.34. The van der Waals surface area contributed by atoms with Crippen LogP contribution in [0.5, 0.6) is 0 Å². The molecule has 4 atom stereocenters. The maximum absolute atomic E-state index is 12.2. The fraction of sp³-hybridized carbons (Fsp3) is 0.387.